The van der Waals surface area contributed by atoms with Gasteiger partial charge in [-0.2, -0.15) is 0 Å². The molecule has 6 heteroatoms. The topological polar surface area (TPSA) is 75.3 Å². The first kappa shape index (κ1) is 19.7. The smallest absolute Gasteiger partial charge is 0.217 e. The average molecular weight is 314 g/mol. The third-order valence-corrected chi connectivity index (χ3v) is 4.43. The van der Waals surface area contributed by atoms with Crippen LogP contribution in [0.25, 0.3) is 0 Å². The van der Waals surface area contributed by atoms with Crippen LogP contribution in [0.5, 0.6) is 0 Å². The van der Waals surface area contributed by atoms with Crippen LogP contribution in [-0.2, 0) is 14.4 Å². The molecule has 0 saturated heterocycles. The lowest BCUT2D eigenvalue weighted by Gasteiger charge is -2.28. The van der Waals surface area contributed by atoms with Crippen LogP contribution in [0.2, 0.25) is 0 Å². The van der Waals surface area contributed by atoms with Crippen molar-refractivity contribution in [2.75, 3.05) is 0 Å². The van der Waals surface area contributed by atoms with Crippen LogP contribution in [0.4, 0.5) is 0 Å². The first-order chi connectivity index (χ1) is 9.67. The number of carbonyl (C=O) groups is 3. The third-order valence-electron chi connectivity index (χ3n) is 2.90. The van der Waals surface area contributed by atoms with Crippen molar-refractivity contribution in [1.82, 2.24) is 10.6 Å². The summed E-state index contributed by atoms with van der Waals surface area (Å²) in [5.74, 6) is -0.250. The summed E-state index contributed by atoms with van der Waals surface area (Å²) < 4.78 is 0. The second-order valence-electron chi connectivity index (χ2n) is 5.28. The summed E-state index contributed by atoms with van der Waals surface area (Å²) in [5, 5.41) is 5.57. The van der Waals surface area contributed by atoms with E-state index >= 15 is 0 Å². The van der Waals surface area contributed by atoms with Crippen molar-refractivity contribution < 1.29 is 14.4 Å². The normalized spacial score (nSPS) is 14.7. The van der Waals surface area contributed by atoms with Gasteiger partial charge in [0.05, 0.1) is 0 Å². The Labute approximate surface area is 131 Å². The van der Waals surface area contributed by atoms with E-state index in [1.807, 2.05) is 13.8 Å². The fourth-order valence-corrected chi connectivity index (χ4v) is 3.03. The molecule has 0 bridgehead atoms. The predicted octanol–water partition coefficient (Wildman–Crippen LogP) is 2.02. The molecule has 5 nitrogen and oxygen atoms in total. The molecule has 0 rings (SSSR count). The van der Waals surface area contributed by atoms with Gasteiger partial charge in [0.15, 0.2) is 0 Å². The quantitative estimate of drug-likeness (QED) is 0.672. The third kappa shape index (κ3) is 8.55. The van der Waals surface area contributed by atoms with Crippen LogP contribution in [0.3, 0.4) is 0 Å². The van der Waals surface area contributed by atoms with Gasteiger partial charge in [-0.05, 0) is 32.3 Å². The molecule has 0 saturated carbocycles. The van der Waals surface area contributed by atoms with Crippen molar-refractivity contribution >= 4 is 28.7 Å². The standard InChI is InChI=1S/C15H26N2O3S/c1-7-14(21-15(20)9(2)3)13(17-12(6)19)8-10(4)16-11(5)18/h10,13-14H,2,7-8H2,1,3-6H3,(H,16,18)(H,17,19). The minimum Gasteiger partial charge on any atom is -0.354 e. The molecule has 0 aromatic carbocycles. The molecule has 0 aromatic rings. The molecule has 0 aliphatic carbocycles. The zero-order valence-corrected chi connectivity index (χ0v) is 14.3. The maximum atomic E-state index is 11.8. The van der Waals surface area contributed by atoms with Crippen LogP contribution in [0.1, 0.15) is 47.5 Å². The van der Waals surface area contributed by atoms with Gasteiger partial charge in [-0.25, -0.2) is 0 Å². The lowest BCUT2D eigenvalue weighted by molar-refractivity contribution is -0.119. The van der Waals surface area contributed by atoms with Crippen molar-refractivity contribution in [3.63, 3.8) is 0 Å². The van der Waals surface area contributed by atoms with Crippen molar-refractivity contribution in [2.24, 2.45) is 0 Å². The van der Waals surface area contributed by atoms with Gasteiger partial charge in [0.25, 0.3) is 0 Å². The zero-order chi connectivity index (χ0) is 16.6. The Morgan fingerprint density at radius 1 is 1.10 bits per heavy atom. The molecule has 0 aliphatic heterocycles. The number of hydrogen-bond donors (Lipinski definition) is 2. The van der Waals surface area contributed by atoms with E-state index in [4.69, 9.17) is 0 Å². The van der Waals surface area contributed by atoms with Crippen molar-refractivity contribution in [1.29, 1.82) is 0 Å². The Balaban J connectivity index is 4.90. The van der Waals surface area contributed by atoms with Crippen LogP contribution < -0.4 is 10.6 Å². The van der Waals surface area contributed by atoms with Crippen molar-refractivity contribution in [3.05, 3.63) is 12.2 Å². The highest BCUT2D eigenvalue weighted by Gasteiger charge is 2.26. The molecule has 3 atom stereocenters. The molecule has 0 aliphatic rings. The van der Waals surface area contributed by atoms with Crippen LogP contribution in [0.15, 0.2) is 12.2 Å². The minimum atomic E-state index is -0.178. The first-order valence-electron chi connectivity index (χ1n) is 7.08. The number of hydrogen-bond acceptors (Lipinski definition) is 4. The summed E-state index contributed by atoms with van der Waals surface area (Å²) in [4.78, 5) is 34.3. The first-order valence-corrected chi connectivity index (χ1v) is 7.96. The molecule has 0 spiro atoms. The molecular weight excluding hydrogens is 288 g/mol. The highest BCUT2D eigenvalue weighted by molar-refractivity contribution is 8.14. The van der Waals surface area contributed by atoms with E-state index in [1.54, 1.807) is 6.92 Å². The summed E-state index contributed by atoms with van der Waals surface area (Å²) in [6, 6.07) is -0.253. The molecule has 0 heterocycles. The van der Waals surface area contributed by atoms with E-state index in [0.717, 1.165) is 6.42 Å². The van der Waals surface area contributed by atoms with Gasteiger partial charge < -0.3 is 10.6 Å². The molecule has 21 heavy (non-hydrogen) atoms. The van der Waals surface area contributed by atoms with Gasteiger partial charge in [0.2, 0.25) is 16.9 Å². The number of carbonyl (C=O) groups excluding carboxylic acids is 3. The number of rotatable bonds is 8. The zero-order valence-electron chi connectivity index (χ0n) is 13.5. The van der Waals surface area contributed by atoms with E-state index in [2.05, 4.69) is 17.2 Å². The Morgan fingerprint density at radius 2 is 1.62 bits per heavy atom. The van der Waals surface area contributed by atoms with E-state index < -0.39 is 0 Å². The molecular formula is C15H26N2O3S. The van der Waals surface area contributed by atoms with Gasteiger partial charge in [-0.15, -0.1) is 0 Å². The van der Waals surface area contributed by atoms with Gasteiger partial charge in [0.1, 0.15) is 0 Å². The molecule has 120 valence electrons. The van der Waals surface area contributed by atoms with E-state index in [-0.39, 0.29) is 34.3 Å². The Hall–Kier alpha value is -1.30. The number of amides is 2. The second-order valence-corrected chi connectivity index (χ2v) is 6.49. The Morgan fingerprint density at radius 3 is 2.00 bits per heavy atom. The lowest BCUT2D eigenvalue weighted by atomic mass is 10.0. The summed E-state index contributed by atoms with van der Waals surface area (Å²) in [5.41, 5.74) is 0.495. The van der Waals surface area contributed by atoms with Gasteiger partial charge in [-0.1, -0.05) is 25.3 Å². The molecule has 3 unspecified atom stereocenters. The summed E-state index contributed by atoms with van der Waals surface area (Å²) in [7, 11) is 0. The molecule has 0 aromatic heterocycles. The summed E-state index contributed by atoms with van der Waals surface area (Å²) in [6.45, 7) is 12.1. The van der Waals surface area contributed by atoms with Crippen molar-refractivity contribution in [3.8, 4) is 0 Å². The van der Waals surface area contributed by atoms with Crippen LogP contribution in [-0.4, -0.2) is 34.3 Å². The SMILES string of the molecule is C=C(C)C(=O)SC(CC)C(CC(C)NC(C)=O)NC(C)=O. The second kappa shape index (κ2) is 9.60. The van der Waals surface area contributed by atoms with Gasteiger partial charge in [0, 0.05) is 31.2 Å². The molecule has 0 fully saturated rings. The van der Waals surface area contributed by atoms with E-state index in [0.29, 0.717) is 12.0 Å². The largest absolute Gasteiger partial charge is 0.354 e. The molecule has 2 amide bonds. The maximum Gasteiger partial charge on any atom is 0.217 e. The van der Waals surface area contributed by atoms with E-state index in [9.17, 15) is 14.4 Å². The Bertz CT molecular complexity index is 410. The molecule has 2 N–H and O–H groups in total. The highest BCUT2D eigenvalue weighted by atomic mass is 32.2. The predicted molar refractivity (Wildman–Crippen MR) is 87.0 cm³/mol. The maximum absolute atomic E-state index is 11.8. The van der Waals surface area contributed by atoms with Gasteiger partial charge >= 0.3 is 0 Å². The van der Waals surface area contributed by atoms with E-state index in [1.165, 1.54) is 25.6 Å². The minimum absolute atomic E-state index is 0.0469. The number of nitrogens with one attached hydrogen (secondary N) is 2. The highest BCUT2D eigenvalue weighted by Crippen LogP contribution is 2.24. The number of thioether (sulfide) groups is 1. The molecule has 0 radical (unpaired) electrons. The van der Waals surface area contributed by atoms with Gasteiger partial charge in [-0.3, -0.25) is 14.4 Å². The fourth-order valence-electron chi connectivity index (χ4n) is 2.04. The van der Waals surface area contributed by atoms with Crippen molar-refractivity contribution in [2.45, 2.75) is 64.8 Å². The monoisotopic (exact) mass is 314 g/mol. The Kier molecular flexibility index (Phi) is 9.01. The fraction of sp³-hybridized carbons (Fsp3) is 0.667. The van der Waals surface area contributed by atoms with Crippen LogP contribution >= 0.6 is 11.8 Å². The average Bonchev–Trinajstić information content (AvgIpc) is 2.32. The van der Waals surface area contributed by atoms with Crippen LogP contribution in [0, 0.1) is 0 Å². The summed E-state index contributed by atoms with van der Waals surface area (Å²) >= 11 is 1.20. The lowest BCUT2D eigenvalue weighted by Crippen LogP contribution is -2.46. The summed E-state index contributed by atoms with van der Waals surface area (Å²) in [6.07, 6.45) is 1.32.